The van der Waals surface area contributed by atoms with Crippen LogP contribution in [0, 0.1) is 35.5 Å². The highest BCUT2D eigenvalue weighted by Crippen LogP contribution is 2.51. The summed E-state index contributed by atoms with van der Waals surface area (Å²) >= 11 is 0. The van der Waals surface area contributed by atoms with Crippen LogP contribution in [0.2, 0.25) is 0 Å². The van der Waals surface area contributed by atoms with Crippen molar-refractivity contribution < 1.29 is 38.9 Å². The van der Waals surface area contributed by atoms with Crippen LogP contribution in [0.3, 0.4) is 0 Å². The summed E-state index contributed by atoms with van der Waals surface area (Å²) in [5.74, 6) is -3.35. The predicted octanol–water partition coefficient (Wildman–Crippen LogP) is 0.536. The van der Waals surface area contributed by atoms with Gasteiger partial charge >= 0.3 is 0 Å². The number of nitrogens with one attached hydrogen (secondary N) is 1. The Bertz CT molecular complexity index is 1570. The summed E-state index contributed by atoms with van der Waals surface area (Å²) < 4.78 is 5.24. The molecular weight excluding hydrogens is 528 g/mol. The average Bonchev–Trinajstić information content (AvgIpc) is 2.94. The Morgan fingerprint density at radius 3 is 2.49 bits per heavy atom. The Morgan fingerprint density at radius 1 is 1.10 bits per heavy atom. The molecule has 41 heavy (non-hydrogen) atoms. The monoisotopic (exact) mass is 558 g/mol. The average molecular weight is 559 g/mol. The molecule has 212 valence electrons. The van der Waals surface area contributed by atoms with Gasteiger partial charge in [-0.05, 0) is 68.8 Å². The molecule has 1 amide bonds. The summed E-state index contributed by atoms with van der Waals surface area (Å²) in [7, 11) is 5.94. The number of Topliss-reactive ketones (excluding diaryl/α,β-unsaturated/α-hetero) is 4. The van der Waals surface area contributed by atoms with Gasteiger partial charge in [0.25, 0.3) is 0 Å². The number of ketones is 4. The molecular formula is C31H30N2O8. The molecule has 2 saturated carbocycles. The third-order valence-electron chi connectivity index (χ3n) is 8.58. The smallest absolute Gasteiger partial charge is 0.238 e. The van der Waals surface area contributed by atoms with Gasteiger partial charge in [0.05, 0.1) is 24.6 Å². The summed E-state index contributed by atoms with van der Waals surface area (Å²) in [4.78, 5) is 68.8. The van der Waals surface area contributed by atoms with E-state index in [1.165, 1.54) is 18.0 Å². The van der Waals surface area contributed by atoms with Gasteiger partial charge in [0, 0.05) is 24.1 Å². The molecule has 0 radical (unpaired) electrons. The Labute approximate surface area is 236 Å². The van der Waals surface area contributed by atoms with Gasteiger partial charge in [-0.25, -0.2) is 0 Å². The van der Waals surface area contributed by atoms with E-state index in [1.54, 1.807) is 51.5 Å². The normalized spacial score (nSPS) is 28.7. The number of methoxy groups -OCH3 is 1. The van der Waals surface area contributed by atoms with E-state index < -0.39 is 64.4 Å². The number of phenols is 1. The Kier molecular flexibility index (Phi) is 7.05. The number of nitrogens with zero attached hydrogens (tertiary/aromatic N) is 1. The fraction of sp³-hybridized carbons (Fsp3) is 0.387. The molecule has 0 aliphatic heterocycles. The van der Waals surface area contributed by atoms with E-state index in [0.29, 0.717) is 22.4 Å². The number of fused-ring (bicyclic) bond motifs is 3. The van der Waals surface area contributed by atoms with Crippen molar-refractivity contribution in [2.45, 2.75) is 24.5 Å². The van der Waals surface area contributed by atoms with Crippen LogP contribution in [-0.2, 0) is 25.6 Å². The maximum Gasteiger partial charge on any atom is 0.238 e. The van der Waals surface area contributed by atoms with Crippen LogP contribution in [0.5, 0.6) is 11.5 Å². The molecule has 2 fully saturated rings. The van der Waals surface area contributed by atoms with Crippen molar-refractivity contribution in [3.8, 4) is 23.3 Å². The number of likely N-dealkylation sites (N-methyl/N-ethyl adjacent to an activating group) is 1. The van der Waals surface area contributed by atoms with Gasteiger partial charge in [-0.15, -0.1) is 0 Å². The Hall–Kier alpha value is -4.33. The number of ether oxygens (including phenoxy) is 1. The SMILES string of the molecule is CNC(=O)C1C(=O)[C@@H](N(C)C)[C@@H]2C[C@@H]3Cc4c(C#Cc5cccc(OC)c5)ccc(O)c4C(=O)C3C(=O)[C@]2(O)C1=O. The number of aliphatic hydroxyl groups is 1. The lowest BCUT2D eigenvalue weighted by Crippen LogP contribution is -2.74. The molecule has 0 aromatic heterocycles. The number of carbonyl (C=O) groups is 5. The Balaban J connectivity index is 1.60. The highest BCUT2D eigenvalue weighted by atomic mass is 16.5. The van der Waals surface area contributed by atoms with Gasteiger partial charge < -0.3 is 20.3 Å². The van der Waals surface area contributed by atoms with E-state index in [0.717, 1.165) is 0 Å². The van der Waals surface area contributed by atoms with E-state index in [-0.39, 0.29) is 24.2 Å². The van der Waals surface area contributed by atoms with Gasteiger partial charge in [-0.3, -0.25) is 28.9 Å². The van der Waals surface area contributed by atoms with Crippen molar-refractivity contribution in [2.75, 3.05) is 28.3 Å². The van der Waals surface area contributed by atoms with Crippen molar-refractivity contribution in [3.63, 3.8) is 0 Å². The molecule has 0 saturated heterocycles. The summed E-state index contributed by atoms with van der Waals surface area (Å²) in [5.41, 5.74) is -1.18. The maximum absolute atomic E-state index is 14.0. The summed E-state index contributed by atoms with van der Waals surface area (Å²) in [6.07, 6.45) is 0.152. The highest BCUT2D eigenvalue weighted by molar-refractivity contribution is 6.32. The topological polar surface area (TPSA) is 150 Å². The number of phenolic OH excluding ortho intramolecular Hbond substituents is 1. The lowest BCUT2D eigenvalue weighted by atomic mass is 9.52. The van der Waals surface area contributed by atoms with E-state index in [2.05, 4.69) is 17.2 Å². The molecule has 6 atom stereocenters. The first-order valence-electron chi connectivity index (χ1n) is 13.2. The fourth-order valence-corrected chi connectivity index (χ4v) is 6.69. The van der Waals surface area contributed by atoms with Gasteiger partial charge in [0.15, 0.2) is 34.7 Å². The van der Waals surface area contributed by atoms with E-state index in [4.69, 9.17) is 4.74 Å². The van der Waals surface area contributed by atoms with Crippen molar-refractivity contribution in [1.29, 1.82) is 0 Å². The standard InChI is InChI=1S/C31H30N2O8/c1-32-30(39)24-27(36)25(33(2)3)20-14-17-13-19-16(9-8-15-6-5-7-18(12-15)41-4)10-11-21(34)23(19)26(35)22(17)28(37)31(20,40)29(24)38/h5-7,10-12,17,20,22,24-25,34,40H,13-14H2,1-4H3,(H,32,39)/t17-,20-,22?,24?,25-,31-/m0/s1. The zero-order valence-electron chi connectivity index (χ0n) is 23.1. The summed E-state index contributed by atoms with van der Waals surface area (Å²) in [6.45, 7) is 0. The number of carbonyl (C=O) groups excluding carboxylic acids is 5. The first kappa shape index (κ1) is 28.2. The highest BCUT2D eigenvalue weighted by Gasteiger charge is 2.69. The number of hydrogen-bond donors (Lipinski definition) is 3. The molecule has 0 spiro atoms. The number of aromatic hydroxyl groups is 1. The van der Waals surface area contributed by atoms with Crippen LogP contribution in [0.15, 0.2) is 36.4 Å². The van der Waals surface area contributed by atoms with Crippen LogP contribution in [0.1, 0.15) is 33.5 Å². The van der Waals surface area contributed by atoms with Crippen LogP contribution >= 0.6 is 0 Å². The molecule has 2 unspecified atom stereocenters. The van der Waals surface area contributed by atoms with Gasteiger partial charge in [-0.1, -0.05) is 17.9 Å². The largest absolute Gasteiger partial charge is 0.507 e. The van der Waals surface area contributed by atoms with Crippen molar-refractivity contribution in [1.82, 2.24) is 10.2 Å². The third kappa shape index (κ3) is 4.24. The van der Waals surface area contributed by atoms with E-state index >= 15 is 0 Å². The zero-order chi connectivity index (χ0) is 29.8. The number of amides is 1. The first-order chi connectivity index (χ1) is 19.4. The summed E-state index contributed by atoms with van der Waals surface area (Å²) in [6, 6.07) is 8.94. The summed E-state index contributed by atoms with van der Waals surface area (Å²) in [5, 5.41) is 24.7. The quantitative estimate of drug-likeness (QED) is 0.362. The molecule has 3 N–H and O–H groups in total. The van der Waals surface area contributed by atoms with Crippen LogP contribution < -0.4 is 10.1 Å². The molecule has 10 heteroatoms. The van der Waals surface area contributed by atoms with Crippen molar-refractivity contribution >= 4 is 29.0 Å². The lowest BCUT2D eigenvalue weighted by Gasteiger charge is -2.52. The first-order valence-corrected chi connectivity index (χ1v) is 13.2. The van der Waals surface area contributed by atoms with Crippen LogP contribution in [0.4, 0.5) is 0 Å². The molecule has 2 aromatic carbocycles. The molecule has 3 aliphatic rings. The van der Waals surface area contributed by atoms with E-state index in [9.17, 15) is 34.2 Å². The minimum absolute atomic E-state index is 0.00269. The van der Waals surface area contributed by atoms with E-state index in [1.807, 2.05) is 0 Å². The second-order valence-electron chi connectivity index (χ2n) is 11.0. The number of hydrogen-bond acceptors (Lipinski definition) is 9. The Morgan fingerprint density at radius 2 is 1.83 bits per heavy atom. The maximum atomic E-state index is 14.0. The van der Waals surface area contributed by atoms with Gasteiger partial charge in [0.2, 0.25) is 5.91 Å². The van der Waals surface area contributed by atoms with Crippen molar-refractivity contribution in [3.05, 3.63) is 58.7 Å². The van der Waals surface area contributed by atoms with Gasteiger partial charge in [-0.2, -0.15) is 0 Å². The minimum atomic E-state index is -2.71. The van der Waals surface area contributed by atoms with Crippen molar-refractivity contribution in [2.24, 2.45) is 23.7 Å². The fourth-order valence-electron chi connectivity index (χ4n) is 6.69. The third-order valence-corrected chi connectivity index (χ3v) is 8.58. The predicted molar refractivity (Wildman–Crippen MR) is 145 cm³/mol. The molecule has 2 aromatic rings. The van der Waals surface area contributed by atoms with Crippen LogP contribution in [0.25, 0.3) is 0 Å². The second kappa shape index (κ2) is 10.3. The van der Waals surface area contributed by atoms with Gasteiger partial charge in [0.1, 0.15) is 11.5 Å². The minimum Gasteiger partial charge on any atom is -0.507 e. The zero-order valence-corrected chi connectivity index (χ0v) is 23.1. The number of rotatable bonds is 3. The molecule has 0 bridgehead atoms. The van der Waals surface area contributed by atoms with Crippen LogP contribution in [-0.4, -0.2) is 84.0 Å². The molecule has 0 heterocycles. The lowest BCUT2D eigenvalue weighted by molar-refractivity contribution is -0.181. The molecule has 10 nitrogen and oxygen atoms in total. The second-order valence-corrected chi connectivity index (χ2v) is 11.0. The number of benzene rings is 2. The molecule has 3 aliphatic carbocycles. The molecule has 5 rings (SSSR count).